The average Bonchev–Trinajstić information content (AvgIpc) is 3.39. The SMILES string of the molecule is CC(C)C[C@H]1NC(=O)CCCN(C(=O)C2CCOCC2)CCNC(=O)Cn2nc(-c3ccccc3)nc2[C@H](C)NC1=O. The van der Waals surface area contributed by atoms with E-state index >= 15 is 0 Å². The monoisotopic (exact) mass is 581 g/mol. The Bertz CT molecular complexity index is 1230. The van der Waals surface area contributed by atoms with Crippen LogP contribution in [0.1, 0.15) is 64.7 Å². The third kappa shape index (κ3) is 8.60. The van der Waals surface area contributed by atoms with Crippen molar-refractivity contribution in [1.29, 1.82) is 0 Å². The molecular formula is C30H43N7O5. The fourth-order valence-electron chi connectivity index (χ4n) is 5.34. The molecule has 2 aromatic rings. The number of carbonyl (C=O) groups excluding carboxylic acids is 4. The Hall–Kier alpha value is -3.80. The molecule has 0 aliphatic carbocycles. The molecule has 4 rings (SSSR count). The molecule has 12 nitrogen and oxygen atoms in total. The van der Waals surface area contributed by atoms with Crippen molar-refractivity contribution >= 4 is 23.6 Å². The van der Waals surface area contributed by atoms with Crippen LogP contribution >= 0.6 is 0 Å². The second-order valence-electron chi connectivity index (χ2n) is 11.5. The van der Waals surface area contributed by atoms with Crippen molar-refractivity contribution in [3.63, 3.8) is 0 Å². The maximum Gasteiger partial charge on any atom is 0.243 e. The van der Waals surface area contributed by atoms with Gasteiger partial charge in [-0.05, 0) is 38.5 Å². The molecule has 1 saturated heterocycles. The number of carbonyl (C=O) groups is 4. The van der Waals surface area contributed by atoms with Crippen molar-refractivity contribution in [3.05, 3.63) is 36.2 Å². The third-order valence-corrected chi connectivity index (χ3v) is 7.55. The molecule has 12 heteroatoms. The Labute approximate surface area is 247 Å². The molecule has 228 valence electrons. The van der Waals surface area contributed by atoms with Gasteiger partial charge in [0.2, 0.25) is 23.6 Å². The molecule has 1 aromatic heterocycles. The minimum absolute atomic E-state index is 0.0165. The van der Waals surface area contributed by atoms with Gasteiger partial charge in [0.25, 0.3) is 0 Å². The van der Waals surface area contributed by atoms with E-state index in [-0.39, 0.29) is 55.0 Å². The number of amides is 4. The van der Waals surface area contributed by atoms with Crippen LogP contribution in [0.5, 0.6) is 0 Å². The van der Waals surface area contributed by atoms with Gasteiger partial charge in [0.05, 0.1) is 6.04 Å². The molecule has 3 N–H and O–H groups in total. The van der Waals surface area contributed by atoms with E-state index in [4.69, 9.17) is 4.74 Å². The van der Waals surface area contributed by atoms with E-state index < -0.39 is 12.1 Å². The van der Waals surface area contributed by atoms with Gasteiger partial charge in [-0.3, -0.25) is 19.2 Å². The Morgan fingerprint density at radius 2 is 1.79 bits per heavy atom. The Kier molecular flexibility index (Phi) is 11.0. The van der Waals surface area contributed by atoms with Crippen LogP contribution in [0.3, 0.4) is 0 Å². The van der Waals surface area contributed by atoms with E-state index in [2.05, 4.69) is 26.0 Å². The van der Waals surface area contributed by atoms with Crippen LogP contribution in [0.4, 0.5) is 0 Å². The van der Waals surface area contributed by atoms with Gasteiger partial charge in [0, 0.05) is 50.8 Å². The number of benzene rings is 1. The van der Waals surface area contributed by atoms with Crippen molar-refractivity contribution in [2.24, 2.45) is 11.8 Å². The first-order valence-electron chi connectivity index (χ1n) is 14.9. The predicted molar refractivity (Wildman–Crippen MR) is 156 cm³/mol. The molecule has 2 aliphatic heterocycles. The van der Waals surface area contributed by atoms with Gasteiger partial charge in [-0.2, -0.15) is 5.10 Å². The normalized spacial score (nSPS) is 22.1. The summed E-state index contributed by atoms with van der Waals surface area (Å²) in [4.78, 5) is 59.1. The predicted octanol–water partition coefficient (Wildman–Crippen LogP) is 1.82. The molecule has 2 atom stereocenters. The fraction of sp³-hybridized carbons (Fsp3) is 0.600. The van der Waals surface area contributed by atoms with Crippen molar-refractivity contribution < 1.29 is 23.9 Å². The highest BCUT2D eigenvalue weighted by molar-refractivity contribution is 5.88. The van der Waals surface area contributed by atoms with Crippen molar-refractivity contribution in [1.82, 2.24) is 35.6 Å². The van der Waals surface area contributed by atoms with Crippen LogP contribution in [0.25, 0.3) is 11.4 Å². The molecule has 0 spiro atoms. The second kappa shape index (κ2) is 14.9. The number of nitrogens with one attached hydrogen (secondary N) is 3. The van der Waals surface area contributed by atoms with Crippen LogP contribution in [0.2, 0.25) is 0 Å². The highest BCUT2D eigenvalue weighted by Gasteiger charge is 2.29. The van der Waals surface area contributed by atoms with Crippen LogP contribution in [-0.2, 0) is 30.5 Å². The molecule has 2 aliphatic rings. The molecule has 1 fully saturated rings. The van der Waals surface area contributed by atoms with E-state index in [1.165, 1.54) is 4.68 Å². The van der Waals surface area contributed by atoms with Crippen LogP contribution in [0.15, 0.2) is 30.3 Å². The van der Waals surface area contributed by atoms with Gasteiger partial charge in [-0.15, -0.1) is 0 Å². The lowest BCUT2D eigenvalue weighted by molar-refractivity contribution is -0.139. The first-order valence-corrected chi connectivity index (χ1v) is 14.9. The third-order valence-electron chi connectivity index (χ3n) is 7.55. The van der Waals surface area contributed by atoms with E-state index in [0.29, 0.717) is 63.6 Å². The van der Waals surface area contributed by atoms with Crippen LogP contribution in [0, 0.1) is 11.8 Å². The molecule has 1 aromatic carbocycles. The molecule has 0 unspecified atom stereocenters. The lowest BCUT2D eigenvalue weighted by Crippen LogP contribution is -2.48. The minimum atomic E-state index is -0.733. The topological polar surface area (TPSA) is 148 Å². The summed E-state index contributed by atoms with van der Waals surface area (Å²) in [7, 11) is 0. The Morgan fingerprint density at radius 3 is 2.50 bits per heavy atom. The Morgan fingerprint density at radius 1 is 1.05 bits per heavy atom. The van der Waals surface area contributed by atoms with Gasteiger partial charge >= 0.3 is 0 Å². The molecule has 0 radical (unpaired) electrons. The summed E-state index contributed by atoms with van der Waals surface area (Å²) < 4.78 is 6.92. The number of fused-ring (bicyclic) bond motifs is 1. The zero-order chi connectivity index (χ0) is 30.1. The van der Waals surface area contributed by atoms with Gasteiger partial charge in [-0.1, -0.05) is 44.2 Å². The largest absolute Gasteiger partial charge is 0.381 e. The molecule has 3 heterocycles. The van der Waals surface area contributed by atoms with Crippen LogP contribution in [-0.4, -0.2) is 82.2 Å². The van der Waals surface area contributed by atoms with Crippen molar-refractivity contribution in [2.75, 3.05) is 32.8 Å². The van der Waals surface area contributed by atoms with E-state index in [0.717, 1.165) is 5.56 Å². The zero-order valence-corrected chi connectivity index (χ0v) is 24.8. The van der Waals surface area contributed by atoms with Crippen molar-refractivity contribution in [3.8, 4) is 11.4 Å². The number of aromatic nitrogens is 3. The first kappa shape index (κ1) is 31.1. The summed E-state index contributed by atoms with van der Waals surface area (Å²) in [6.45, 7) is 7.74. The highest BCUT2D eigenvalue weighted by Crippen LogP contribution is 2.20. The molecule has 4 amide bonds. The second-order valence-corrected chi connectivity index (χ2v) is 11.5. The minimum Gasteiger partial charge on any atom is -0.381 e. The summed E-state index contributed by atoms with van der Waals surface area (Å²) >= 11 is 0. The number of nitrogens with zero attached hydrogens (tertiary/aromatic N) is 4. The Balaban J connectivity index is 1.59. The van der Waals surface area contributed by atoms with Crippen LogP contribution < -0.4 is 16.0 Å². The fourth-order valence-corrected chi connectivity index (χ4v) is 5.34. The van der Waals surface area contributed by atoms with E-state index in [9.17, 15) is 19.2 Å². The summed E-state index contributed by atoms with van der Waals surface area (Å²) in [5, 5.41) is 13.4. The highest BCUT2D eigenvalue weighted by atomic mass is 16.5. The smallest absolute Gasteiger partial charge is 0.243 e. The zero-order valence-electron chi connectivity index (χ0n) is 24.8. The number of rotatable bonds is 4. The summed E-state index contributed by atoms with van der Waals surface area (Å²) in [6.07, 6.45) is 2.40. The van der Waals surface area contributed by atoms with E-state index in [1.54, 1.807) is 11.8 Å². The van der Waals surface area contributed by atoms with E-state index in [1.807, 2.05) is 44.2 Å². The molecule has 42 heavy (non-hydrogen) atoms. The first-order chi connectivity index (χ1) is 20.2. The maximum atomic E-state index is 13.4. The summed E-state index contributed by atoms with van der Waals surface area (Å²) in [6, 6.07) is 8.10. The molecular weight excluding hydrogens is 538 g/mol. The summed E-state index contributed by atoms with van der Waals surface area (Å²) in [5.41, 5.74) is 0.783. The number of hydrogen-bond donors (Lipinski definition) is 3. The number of ether oxygens (including phenoxy) is 1. The maximum absolute atomic E-state index is 13.4. The average molecular weight is 582 g/mol. The van der Waals surface area contributed by atoms with Gasteiger partial charge < -0.3 is 25.6 Å². The van der Waals surface area contributed by atoms with Gasteiger partial charge in [0.1, 0.15) is 18.4 Å². The standard InChI is InChI=1S/C30H43N7O5/c1-20(2)18-24-29(40)32-21(3)28-34-27(22-8-5-4-6-9-22)35-37(28)19-26(39)31-13-15-36(14-7-10-25(38)33-24)30(41)23-11-16-42-17-12-23/h4-6,8-9,20-21,23-24H,7,10-19H2,1-3H3,(H,31,39)(H,32,40)(H,33,38)/t21-,24+/m0/s1. The lowest BCUT2D eigenvalue weighted by Gasteiger charge is -2.29. The van der Waals surface area contributed by atoms with Gasteiger partial charge in [-0.25, -0.2) is 9.67 Å². The summed E-state index contributed by atoms with van der Waals surface area (Å²) in [5.74, 6) is 0.0583. The van der Waals surface area contributed by atoms with Crippen molar-refractivity contribution in [2.45, 2.75) is 71.5 Å². The quantitative estimate of drug-likeness (QED) is 0.499. The lowest BCUT2D eigenvalue weighted by atomic mass is 9.98. The number of hydrogen-bond acceptors (Lipinski definition) is 7. The molecule has 0 bridgehead atoms. The molecule has 0 saturated carbocycles. The van der Waals surface area contributed by atoms with Gasteiger partial charge in [0.15, 0.2) is 5.82 Å².